The third-order valence-corrected chi connectivity index (χ3v) is 2.02. The van der Waals surface area contributed by atoms with Crippen molar-refractivity contribution in [3.63, 3.8) is 0 Å². The number of rotatable bonds is 3. The highest BCUT2D eigenvalue weighted by molar-refractivity contribution is 5.89. The number of hydrogen-bond acceptors (Lipinski definition) is 4. The molecule has 78 valence electrons. The van der Waals surface area contributed by atoms with E-state index in [0.717, 1.165) is 0 Å². The van der Waals surface area contributed by atoms with Crippen molar-refractivity contribution in [2.45, 2.75) is 13.8 Å². The average Bonchev–Trinajstić information content (AvgIpc) is 2.18. The first kappa shape index (κ1) is 11.1. The van der Waals surface area contributed by atoms with Gasteiger partial charge in [-0.15, -0.1) is 0 Å². The van der Waals surface area contributed by atoms with Crippen molar-refractivity contribution in [2.75, 3.05) is 0 Å². The SMILES string of the molecule is CC(=O)Oc1ccc(C=O)c(C)c1C=O. The van der Waals surface area contributed by atoms with Gasteiger partial charge in [-0.2, -0.15) is 0 Å². The smallest absolute Gasteiger partial charge is 0.308 e. The maximum absolute atomic E-state index is 10.8. The second kappa shape index (κ2) is 4.50. The van der Waals surface area contributed by atoms with E-state index in [0.29, 0.717) is 23.7 Å². The molecule has 0 unspecified atom stereocenters. The van der Waals surface area contributed by atoms with Gasteiger partial charge in [0.25, 0.3) is 0 Å². The second-order valence-electron chi connectivity index (χ2n) is 3.02. The Labute approximate surface area is 86.9 Å². The van der Waals surface area contributed by atoms with Gasteiger partial charge in [-0.1, -0.05) is 0 Å². The summed E-state index contributed by atoms with van der Waals surface area (Å²) in [5.41, 5.74) is 1.15. The second-order valence-corrected chi connectivity index (χ2v) is 3.02. The summed E-state index contributed by atoms with van der Waals surface area (Å²) in [6, 6.07) is 2.94. The lowest BCUT2D eigenvalue weighted by molar-refractivity contribution is -0.131. The van der Waals surface area contributed by atoms with Crippen molar-refractivity contribution >= 4 is 18.5 Å². The fraction of sp³-hybridized carbons (Fsp3) is 0.182. The van der Waals surface area contributed by atoms with Crippen molar-refractivity contribution in [3.05, 3.63) is 28.8 Å². The molecular formula is C11H10O4. The Balaban J connectivity index is 3.30. The van der Waals surface area contributed by atoms with Gasteiger partial charge >= 0.3 is 5.97 Å². The Morgan fingerprint density at radius 3 is 2.40 bits per heavy atom. The minimum absolute atomic E-state index is 0.181. The topological polar surface area (TPSA) is 60.4 Å². The highest BCUT2D eigenvalue weighted by Crippen LogP contribution is 2.22. The van der Waals surface area contributed by atoms with Crippen LogP contribution in [0.4, 0.5) is 0 Å². The minimum Gasteiger partial charge on any atom is -0.426 e. The van der Waals surface area contributed by atoms with Crippen LogP contribution < -0.4 is 4.74 Å². The summed E-state index contributed by atoms with van der Waals surface area (Å²) in [4.78, 5) is 32.1. The van der Waals surface area contributed by atoms with E-state index in [1.54, 1.807) is 6.92 Å². The lowest BCUT2D eigenvalue weighted by Gasteiger charge is -2.08. The molecule has 15 heavy (non-hydrogen) atoms. The number of ether oxygens (including phenoxy) is 1. The van der Waals surface area contributed by atoms with E-state index in [9.17, 15) is 14.4 Å². The molecule has 0 aliphatic carbocycles. The largest absolute Gasteiger partial charge is 0.426 e. The molecule has 4 nitrogen and oxygen atoms in total. The maximum atomic E-state index is 10.8. The highest BCUT2D eigenvalue weighted by Gasteiger charge is 2.11. The van der Waals surface area contributed by atoms with Crippen LogP contribution in [-0.4, -0.2) is 18.5 Å². The molecule has 0 aromatic heterocycles. The first-order chi connectivity index (χ1) is 7.10. The fourth-order valence-electron chi connectivity index (χ4n) is 1.24. The third kappa shape index (κ3) is 2.28. The van der Waals surface area contributed by atoms with Crippen LogP contribution in [0.15, 0.2) is 12.1 Å². The molecule has 0 saturated carbocycles. The van der Waals surface area contributed by atoms with Crippen LogP contribution in [0, 0.1) is 6.92 Å². The minimum atomic E-state index is -0.503. The molecular weight excluding hydrogens is 196 g/mol. The van der Waals surface area contributed by atoms with Gasteiger partial charge in [0.2, 0.25) is 0 Å². The van der Waals surface area contributed by atoms with Crippen LogP contribution >= 0.6 is 0 Å². The predicted molar refractivity (Wildman–Crippen MR) is 53.3 cm³/mol. The van der Waals surface area contributed by atoms with E-state index in [1.807, 2.05) is 0 Å². The quantitative estimate of drug-likeness (QED) is 0.427. The zero-order valence-corrected chi connectivity index (χ0v) is 8.44. The predicted octanol–water partition coefficient (Wildman–Crippen LogP) is 1.55. The van der Waals surface area contributed by atoms with E-state index >= 15 is 0 Å². The fourth-order valence-corrected chi connectivity index (χ4v) is 1.24. The van der Waals surface area contributed by atoms with E-state index < -0.39 is 5.97 Å². The number of esters is 1. The molecule has 0 amide bonds. The lowest BCUT2D eigenvalue weighted by Crippen LogP contribution is -2.05. The maximum Gasteiger partial charge on any atom is 0.308 e. The summed E-state index contributed by atoms with van der Waals surface area (Å²) < 4.78 is 4.83. The first-order valence-corrected chi connectivity index (χ1v) is 4.32. The van der Waals surface area contributed by atoms with Crippen LogP contribution in [0.25, 0.3) is 0 Å². The van der Waals surface area contributed by atoms with Crippen LogP contribution in [-0.2, 0) is 4.79 Å². The number of benzene rings is 1. The summed E-state index contributed by atoms with van der Waals surface area (Å²) in [6.45, 7) is 2.87. The summed E-state index contributed by atoms with van der Waals surface area (Å²) in [7, 11) is 0. The van der Waals surface area contributed by atoms with Crippen molar-refractivity contribution in [1.29, 1.82) is 0 Å². The molecule has 1 aromatic carbocycles. The van der Waals surface area contributed by atoms with Crippen LogP contribution in [0.1, 0.15) is 33.2 Å². The van der Waals surface area contributed by atoms with Crippen LogP contribution in [0.2, 0.25) is 0 Å². The summed E-state index contributed by atoms with van der Waals surface area (Å²) in [5, 5.41) is 0. The molecule has 4 heteroatoms. The van der Waals surface area contributed by atoms with Crippen molar-refractivity contribution in [2.24, 2.45) is 0 Å². The molecule has 1 aromatic rings. The zero-order valence-electron chi connectivity index (χ0n) is 8.44. The molecule has 0 bridgehead atoms. The zero-order chi connectivity index (χ0) is 11.4. The molecule has 0 spiro atoms. The molecule has 1 rings (SSSR count). The summed E-state index contributed by atoms with van der Waals surface area (Å²) in [5.74, 6) is -0.322. The van der Waals surface area contributed by atoms with Gasteiger partial charge in [0.15, 0.2) is 6.29 Å². The van der Waals surface area contributed by atoms with E-state index in [1.165, 1.54) is 19.1 Å². The van der Waals surface area contributed by atoms with Crippen molar-refractivity contribution < 1.29 is 19.1 Å². The van der Waals surface area contributed by atoms with Gasteiger partial charge in [0, 0.05) is 12.5 Å². The molecule has 0 N–H and O–H groups in total. The van der Waals surface area contributed by atoms with E-state index in [4.69, 9.17) is 4.74 Å². The van der Waals surface area contributed by atoms with Gasteiger partial charge in [-0.25, -0.2) is 0 Å². The Morgan fingerprint density at radius 2 is 1.93 bits per heavy atom. The van der Waals surface area contributed by atoms with Gasteiger partial charge < -0.3 is 4.74 Å². The number of carbonyl (C=O) groups is 3. The van der Waals surface area contributed by atoms with Crippen molar-refractivity contribution in [3.8, 4) is 5.75 Å². The van der Waals surface area contributed by atoms with Gasteiger partial charge in [0.1, 0.15) is 12.0 Å². The van der Waals surface area contributed by atoms with Gasteiger partial charge in [0.05, 0.1) is 5.56 Å². The van der Waals surface area contributed by atoms with Gasteiger partial charge in [-0.05, 0) is 24.6 Å². The van der Waals surface area contributed by atoms with Crippen LogP contribution in [0.5, 0.6) is 5.75 Å². The summed E-state index contributed by atoms with van der Waals surface area (Å²) in [6.07, 6.45) is 1.22. The normalized spacial score (nSPS) is 9.47. The number of aldehydes is 2. The molecule has 0 heterocycles. The molecule has 0 radical (unpaired) electrons. The average molecular weight is 206 g/mol. The summed E-state index contributed by atoms with van der Waals surface area (Å²) >= 11 is 0. The Bertz CT molecular complexity index is 421. The van der Waals surface area contributed by atoms with Gasteiger partial charge in [-0.3, -0.25) is 14.4 Å². The Kier molecular flexibility index (Phi) is 3.33. The highest BCUT2D eigenvalue weighted by atomic mass is 16.5. The Hall–Kier alpha value is -1.97. The molecule has 0 atom stereocenters. The van der Waals surface area contributed by atoms with Crippen molar-refractivity contribution in [1.82, 2.24) is 0 Å². The molecule has 0 saturated heterocycles. The van der Waals surface area contributed by atoms with Crippen LogP contribution in [0.3, 0.4) is 0 Å². The lowest BCUT2D eigenvalue weighted by atomic mass is 10.0. The monoisotopic (exact) mass is 206 g/mol. The number of carbonyl (C=O) groups excluding carboxylic acids is 3. The Morgan fingerprint density at radius 1 is 1.27 bits per heavy atom. The molecule has 0 aliphatic heterocycles. The molecule has 0 fully saturated rings. The van der Waals surface area contributed by atoms with E-state index in [-0.39, 0.29) is 11.3 Å². The van der Waals surface area contributed by atoms with E-state index in [2.05, 4.69) is 0 Å². The standard InChI is InChI=1S/C11H10O4/c1-7-9(5-12)3-4-11(10(7)6-13)15-8(2)14/h3-6H,1-2H3. The first-order valence-electron chi connectivity index (χ1n) is 4.32. The molecule has 0 aliphatic rings. The number of hydrogen-bond donors (Lipinski definition) is 0. The third-order valence-electron chi connectivity index (χ3n) is 2.02.